The molecule has 2 aliphatic rings. The van der Waals surface area contributed by atoms with Crippen LogP contribution in [0.5, 0.6) is 11.5 Å². The predicted molar refractivity (Wildman–Crippen MR) is 330 cm³/mol. The Morgan fingerprint density at radius 3 is 2.18 bits per heavy atom. The second-order valence-electron chi connectivity index (χ2n) is 20.7. The van der Waals surface area contributed by atoms with E-state index < -0.39 is 6.04 Å². The second kappa shape index (κ2) is 37.1. The van der Waals surface area contributed by atoms with Crippen LogP contribution in [-0.2, 0) is 59.2 Å². The zero-order valence-electron chi connectivity index (χ0n) is 49.6. The Balaban J connectivity index is 0.000000565. The number of hydrogen-bond acceptors (Lipinski definition) is 16. The molecule has 2 aromatic heterocycles. The summed E-state index contributed by atoms with van der Waals surface area (Å²) in [4.78, 5) is 62.7. The van der Waals surface area contributed by atoms with Crippen molar-refractivity contribution in [2.24, 2.45) is 0 Å². The molecule has 1 atom stereocenters. The van der Waals surface area contributed by atoms with Crippen molar-refractivity contribution in [3.05, 3.63) is 149 Å². The minimum absolute atomic E-state index is 0.0274. The summed E-state index contributed by atoms with van der Waals surface area (Å²) in [5.74, 6) is 1.47. The maximum Gasteiger partial charge on any atom is 0.247 e. The Kier molecular flexibility index (Phi) is 29.1. The van der Waals surface area contributed by atoms with Crippen LogP contribution in [0.1, 0.15) is 66.2 Å². The maximum absolute atomic E-state index is 13.9. The van der Waals surface area contributed by atoms with Crippen LogP contribution in [0.15, 0.2) is 121 Å². The monoisotopic (exact) mass is 1170 g/mol. The van der Waals surface area contributed by atoms with Crippen molar-refractivity contribution in [1.82, 2.24) is 44.9 Å². The molecule has 7 rings (SSSR count). The van der Waals surface area contributed by atoms with Gasteiger partial charge in [0.15, 0.2) is 5.13 Å². The number of hydrogen-bond donors (Lipinski definition) is 3. The van der Waals surface area contributed by atoms with E-state index in [0.717, 1.165) is 109 Å². The van der Waals surface area contributed by atoms with E-state index in [4.69, 9.17) is 23.7 Å². The SMILES string of the molecule is C=C/C=C(\C=C)CNC(=O)C(c1ccc(C)cc1)N(C(=O)CCc1ccc(OCCCCN(C)CCOCCOCCc2cn(CCOCCOc3ccc(NC=O)cc3)nn2)cc1)C1CC1.CNc1nc(CC(=O)N2CCN(C)CC2)cs1. The molecule has 454 valence electrons. The number of ether oxygens (including phenoxy) is 5. The molecule has 1 saturated carbocycles. The number of aromatic nitrogens is 4. The molecule has 0 bridgehead atoms. The third kappa shape index (κ3) is 24.1. The van der Waals surface area contributed by atoms with Gasteiger partial charge in [0, 0.05) is 82.5 Å². The fraction of sp³-hybridized carbons (Fsp3) is 0.476. The Labute approximate surface area is 500 Å². The summed E-state index contributed by atoms with van der Waals surface area (Å²) in [7, 11) is 6.02. The molecule has 4 amide bonds. The summed E-state index contributed by atoms with van der Waals surface area (Å²) in [5, 5.41) is 19.8. The molecular weight excluding hydrogens is 1090 g/mol. The highest BCUT2D eigenvalue weighted by Crippen LogP contribution is 2.36. The standard InChI is InChI=1S/C52H69N7O8.C11H18N4OS/c1-5-9-42(6-2)38-53-52(62)51(44-15-10-41(3)11-16-44)59(47-19-20-47)50(61)25-14-43-12-21-48(22-13-43)66-30-8-7-27-57(4)28-32-64-35-34-63-31-26-46-39-58(56-55-46)29-33-65-36-37-67-49-23-17-45(18-24-49)54-40-60;1-12-11-13-9(8-17-11)7-10(16)15-5-3-14(2)4-6-15/h5-6,9-13,15-18,21-24,39-40,47,51H,1-2,7-8,14,19-20,25-38H2,3-4H3,(H,53,62)(H,54,60);8H,3-7H2,1-2H3,(H,12,13)/b42-9+;. The fourth-order valence-corrected chi connectivity index (χ4v) is 9.63. The van der Waals surface area contributed by atoms with Crippen LogP contribution in [-0.4, -0.2) is 190 Å². The summed E-state index contributed by atoms with van der Waals surface area (Å²) < 4.78 is 30.6. The third-order valence-electron chi connectivity index (χ3n) is 14.0. The zero-order valence-corrected chi connectivity index (χ0v) is 50.4. The molecule has 1 unspecified atom stereocenters. The molecular formula is C63H87N11O9S. The Hall–Kier alpha value is -7.27. The van der Waals surface area contributed by atoms with E-state index in [9.17, 15) is 19.2 Å². The number of rotatable bonds is 38. The molecule has 84 heavy (non-hydrogen) atoms. The Bertz CT molecular complexity index is 2780. The first-order chi connectivity index (χ1) is 40.9. The van der Waals surface area contributed by atoms with Gasteiger partial charge >= 0.3 is 0 Å². The van der Waals surface area contributed by atoms with Crippen LogP contribution in [0.2, 0.25) is 0 Å². The minimum atomic E-state index is -0.715. The van der Waals surface area contributed by atoms with Crippen molar-refractivity contribution in [2.45, 2.75) is 76.9 Å². The fourth-order valence-electron chi connectivity index (χ4n) is 8.95. The van der Waals surface area contributed by atoms with Crippen LogP contribution >= 0.6 is 11.3 Å². The third-order valence-corrected chi connectivity index (χ3v) is 14.9. The van der Waals surface area contributed by atoms with Crippen LogP contribution in [0.3, 0.4) is 0 Å². The summed E-state index contributed by atoms with van der Waals surface area (Å²) in [6, 6.07) is 22.3. The van der Waals surface area contributed by atoms with Gasteiger partial charge in [-0.1, -0.05) is 78.6 Å². The predicted octanol–water partition coefficient (Wildman–Crippen LogP) is 7.20. The molecule has 1 saturated heterocycles. The van der Waals surface area contributed by atoms with Crippen molar-refractivity contribution in [3.8, 4) is 11.5 Å². The Morgan fingerprint density at radius 1 is 0.810 bits per heavy atom. The van der Waals surface area contributed by atoms with Crippen molar-refractivity contribution >= 4 is 46.3 Å². The largest absolute Gasteiger partial charge is 0.494 e. The summed E-state index contributed by atoms with van der Waals surface area (Å²) in [6.45, 7) is 20.1. The average molecular weight is 1170 g/mol. The summed E-state index contributed by atoms with van der Waals surface area (Å²) >= 11 is 1.54. The lowest BCUT2D eigenvalue weighted by Crippen LogP contribution is -2.47. The number of unbranched alkanes of at least 4 members (excludes halogenated alkanes) is 1. The van der Waals surface area contributed by atoms with Crippen molar-refractivity contribution in [1.29, 1.82) is 0 Å². The first-order valence-corrected chi connectivity index (χ1v) is 30.0. The molecule has 1 aliphatic heterocycles. The van der Waals surface area contributed by atoms with E-state index >= 15 is 0 Å². The van der Waals surface area contributed by atoms with Gasteiger partial charge in [-0.2, -0.15) is 0 Å². The Morgan fingerprint density at radius 2 is 1.50 bits per heavy atom. The van der Waals surface area contributed by atoms with Crippen LogP contribution in [0.25, 0.3) is 0 Å². The highest BCUT2D eigenvalue weighted by Gasteiger charge is 2.41. The van der Waals surface area contributed by atoms with Gasteiger partial charge < -0.3 is 59.2 Å². The van der Waals surface area contributed by atoms with Crippen molar-refractivity contribution in [3.63, 3.8) is 0 Å². The molecule has 3 N–H and O–H groups in total. The first-order valence-electron chi connectivity index (χ1n) is 29.1. The number of piperazine rings is 1. The van der Waals surface area contributed by atoms with Crippen LogP contribution < -0.4 is 25.4 Å². The molecule has 0 spiro atoms. The lowest BCUT2D eigenvalue weighted by atomic mass is 10.0. The topological polar surface area (TPSA) is 207 Å². The number of carbonyl (C=O) groups is 4. The zero-order chi connectivity index (χ0) is 59.7. The normalized spacial score (nSPS) is 13.8. The number of likely N-dealkylation sites (N-methyl/N-ethyl adjacent to an activating group) is 2. The molecule has 20 nitrogen and oxygen atoms in total. The molecule has 3 aromatic carbocycles. The van der Waals surface area contributed by atoms with Crippen LogP contribution in [0.4, 0.5) is 10.8 Å². The van der Waals surface area contributed by atoms with E-state index in [1.165, 1.54) is 11.3 Å². The number of amides is 4. The molecule has 1 aliphatic carbocycles. The summed E-state index contributed by atoms with van der Waals surface area (Å²) in [5.41, 5.74) is 6.22. The highest BCUT2D eigenvalue weighted by molar-refractivity contribution is 7.13. The van der Waals surface area contributed by atoms with E-state index in [2.05, 4.69) is 68.3 Å². The molecule has 2 fully saturated rings. The minimum Gasteiger partial charge on any atom is -0.494 e. The van der Waals surface area contributed by atoms with Crippen LogP contribution in [0, 0.1) is 6.92 Å². The maximum atomic E-state index is 13.9. The second-order valence-corrected chi connectivity index (χ2v) is 21.6. The van der Waals surface area contributed by atoms with Gasteiger partial charge in [-0.05, 0) is 113 Å². The van der Waals surface area contributed by atoms with E-state index in [1.54, 1.807) is 41.1 Å². The lowest BCUT2D eigenvalue weighted by molar-refractivity contribution is -0.141. The summed E-state index contributed by atoms with van der Waals surface area (Å²) in [6.07, 6.45) is 13.4. The first kappa shape index (κ1) is 65.9. The molecule has 5 aromatic rings. The molecule has 3 heterocycles. The van der Waals surface area contributed by atoms with Crippen molar-refractivity contribution < 1.29 is 42.9 Å². The number of nitrogens with zero attached hydrogens (tertiary/aromatic N) is 8. The number of thiazole rings is 1. The van der Waals surface area contributed by atoms with Gasteiger partial charge in [-0.15, -0.1) is 16.4 Å². The van der Waals surface area contributed by atoms with Gasteiger partial charge in [0.2, 0.25) is 24.1 Å². The number of anilines is 2. The van der Waals surface area contributed by atoms with Gasteiger partial charge in [0.25, 0.3) is 0 Å². The van der Waals surface area contributed by atoms with Gasteiger partial charge in [0.1, 0.15) is 24.1 Å². The number of allylic oxidation sites excluding steroid dienone is 2. The average Bonchev–Trinajstić information content (AvgIpc) is 3.79. The number of aryl methyl sites for hydroxylation is 2. The molecule has 0 radical (unpaired) electrons. The highest BCUT2D eigenvalue weighted by atomic mass is 32.1. The number of nitrogens with one attached hydrogen (secondary N) is 3. The number of carbonyl (C=O) groups excluding carboxylic acids is 4. The van der Waals surface area contributed by atoms with E-state index in [-0.39, 0.29) is 23.8 Å². The smallest absolute Gasteiger partial charge is 0.247 e. The quantitative estimate of drug-likeness (QED) is 0.0203. The van der Waals surface area contributed by atoms with Crippen molar-refractivity contribution in [2.75, 3.05) is 130 Å². The number of benzene rings is 3. The van der Waals surface area contributed by atoms with E-state index in [0.29, 0.717) is 109 Å². The lowest BCUT2D eigenvalue weighted by Gasteiger charge is -2.32. The molecule has 21 heteroatoms. The van der Waals surface area contributed by atoms with Gasteiger partial charge in [-0.3, -0.25) is 19.2 Å². The van der Waals surface area contributed by atoms with E-state index in [1.807, 2.05) is 90.0 Å². The van der Waals surface area contributed by atoms with Gasteiger partial charge in [0.05, 0.1) is 70.6 Å². The van der Waals surface area contributed by atoms with Gasteiger partial charge in [-0.25, -0.2) is 9.67 Å².